The molecule has 154 valence electrons. The second kappa shape index (κ2) is 7.72. The van der Waals surface area contributed by atoms with Gasteiger partial charge in [-0.05, 0) is 25.0 Å². The first-order valence-corrected chi connectivity index (χ1v) is 9.15. The number of rotatable bonds is 7. The van der Waals surface area contributed by atoms with E-state index in [9.17, 15) is 18.0 Å². The summed E-state index contributed by atoms with van der Waals surface area (Å²) >= 11 is 0. The summed E-state index contributed by atoms with van der Waals surface area (Å²) in [6, 6.07) is 0.957. The molecule has 1 N–H and O–H groups in total. The lowest BCUT2D eigenvalue weighted by molar-refractivity contribution is -0.112. The van der Waals surface area contributed by atoms with Crippen molar-refractivity contribution in [2.24, 2.45) is 10.1 Å². The second-order valence-corrected chi connectivity index (χ2v) is 6.90. The summed E-state index contributed by atoms with van der Waals surface area (Å²) in [5, 5.41) is 7.68. The second-order valence-electron chi connectivity index (χ2n) is 6.90. The summed E-state index contributed by atoms with van der Waals surface area (Å²) in [7, 11) is 0. The van der Waals surface area contributed by atoms with Crippen LogP contribution in [0.15, 0.2) is 34.6 Å². The molecular weight excluding hydrogens is 389 g/mol. The van der Waals surface area contributed by atoms with Gasteiger partial charge in [0.15, 0.2) is 12.8 Å². The molecule has 3 aliphatic rings. The number of carbonyl (C=O) groups excluding carboxylic acids is 1. The van der Waals surface area contributed by atoms with Crippen molar-refractivity contribution in [1.29, 1.82) is 0 Å². The molecule has 8 nitrogen and oxygen atoms in total. The van der Waals surface area contributed by atoms with Crippen LogP contribution in [0.2, 0.25) is 0 Å². The Kier molecular flexibility index (Phi) is 5.12. The average Bonchev–Trinajstić information content (AvgIpc) is 3.16. The van der Waals surface area contributed by atoms with E-state index in [4.69, 9.17) is 4.74 Å². The fraction of sp³-hybridized carbons (Fsp3) is 0.444. The molecule has 0 radical (unpaired) electrons. The Hall–Kier alpha value is -3.11. The van der Waals surface area contributed by atoms with Crippen molar-refractivity contribution < 1.29 is 22.7 Å². The fourth-order valence-electron chi connectivity index (χ4n) is 3.50. The van der Waals surface area contributed by atoms with E-state index in [0.717, 1.165) is 18.5 Å². The molecule has 4 rings (SSSR count). The van der Waals surface area contributed by atoms with E-state index in [1.165, 1.54) is 6.07 Å². The van der Waals surface area contributed by atoms with Crippen molar-refractivity contribution in [3.8, 4) is 5.88 Å². The molecule has 0 spiro atoms. The van der Waals surface area contributed by atoms with Gasteiger partial charge in [-0.2, -0.15) is 5.10 Å². The van der Waals surface area contributed by atoms with Crippen LogP contribution in [0.3, 0.4) is 0 Å². The van der Waals surface area contributed by atoms with E-state index < -0.39 is 24.9 Å². The Bertz CT molecular complexity index is 875. The van der Waals surface area contributed by atoms with Crippen molar-refractivity contribution in [3.05, 3.63) is 35.9 Å². The van der Waals surface area contributed by atoms with Gasteiger partial charge in [0.1, 0.15) is 11.7 Å². The Morgan fingerprint density at radius 2 is 2.28 bits per heavy atom. The van der Waals surface area contributed by atoms with Crippen LogP contribution in [0, 0.1) is 5.82 Å². The molecule has 11 heteroatoms. The van der Waals surface area contributed by atoms with Crippen LogP contribution in [-0.2, 0) is 4.79 Å². The van der Waals surface area contributed by atoms with Gasteiger partial charge in [0, 0.05) is 18.3 Å². The maximum Gasteiger partial charge on any atom is 0.298 e. The van der Waals surface area contributed by atoms with Crippen LogP contribution >= 0.6 is 0 Å². The predicted octanol–water partition coefficient (Wildman–Crippen LogP) is 1.67. The molecule has 4 heterocycles. The molecule has 1 fully saturated rings. The standard InChI is InChI=1S/C18H19F3N6O2/c19-12-6-13(17(23-7-12)29-10-18(20,21)9-22-11-28)14-2-1-4-26(14)15-3-5-27-16(25-15)8-24-27/h3,5-8,11,14,16H,1-2,4,9-10H2,(H,22,28)/t14-,16?/m1/s1. The third-order valence-electron chi connectivity index (χ3n) is 4.86. The highest BCUT2D eigenvalue weighted by Crippen LogP contribution is 2.38. The summed E-state index contributed by atoms with van der Waals surface area (Å²) in [6.45, 7) is -1.16. The van der Waals surface area contributed by atoms with Gasteiger partial charge in [-0.3, -0.25) is 4.79 Å². The maximum atomic E-state index is 13.9. The van der Waals surface area contributed by atoms with Gasteiger partial charge in [0.2, 0.25) is 12.3 Å². The Morgan fingerprint density at radius 1 is 1.41 bits per heavy atom. The molecule has 1 amide bonds. The Morgan fingerprint density at radius 3 is 3.00 bits per heavy atom. The van der Waals surface area contributed by atoms with Gasteiger partial charge in [0.25, 0.3) is 5.92 Å². The van der Waals surface area contributed by atoms with Crippen LogP contribution in [0.1, 0.15) is 24.4 Å². The predicted molar refractivity (Wildman–Crippen MR) is 98.1 cm³/mol. The number of fused-ring (bicyclic) bond motifs is 1. The monoisotopic (exact) mass is 408 g/mol. The number of likely N-dealkylation sites (tertiary alicyclic amines) is 1. The number of alkyl halides is 2. The van der Waals surface area contributed by atoms with Crippen molar-refractivity contribution in [2.75, 3.05) is 19.7 Å². The number of halogens is 3. The van der Waals surface area contributed by atoms with Crippen LogP contribution in [0.4, 0.5) is 13.2 Å². The van der Waals surface area contributed by atoms with Crippen LogP contribution < -0.4 is 10.1 Å². The van der Waals surface area contributed by atoms with Crippen LogP contribution in [0.5, 0.6) is 5.88 Å². The van der Waals surface area contributed by atoms with Gasteiger partial charge < -0.3 is 15.0 Å². The smallest absolute Gasteiger partial charge is 0.298 e. The van der Waals surface area contributed by atoms with E-state index in [1.807, 2.05) is 22.5 Å². The zero-order chi connectivity index (χ0) is 20.4. The molecule has 1 unspecified atom stereocenters. The highest BCUT2D eigenvalue weighted by Gasteiger charge is 2.35. The first kappa shape index (κ1) is 19.2. The van der Waals surface area contributed by atoms with Crippen molar-refractivity contribution in [1.82, 2.24) is 20.2 Å². The summed E-state index contributed by atoms with van der Waals surface area (Å²) in [5.41, 5.74) is 0.391. The van der Waals surface area contributed by atoms with Crippen molar-refractivity contribution in [3.63, 3.8) is 0 Å². The van der Waals surface area contributed by atoms with Gasteiger partial charge >= 0.3 is 0 Å². The molecule has 29 heavy (non-hydrogen) atoms. The molecule has 0 aromatic carbocycles. The number of hydrazone groups is 1. The minimum absolute atomic E-state index is 0.0544. The minimum Gasteiger partial charge on any atom is -0.471 e. The number of nitrogens with one attached hydrogen (secondary N) is 1. The third kappa shape index (κ3) is 4.03. The highest BCUT2D eigenvalue weighted by atomic mass is 19.3. The molecule has 1 aromatic rings. The number of ether oxygens (including phenoxy) is 1. The number of pyridine rings is 1. The van der Waals surface area contributed by atoms with Gasteiger partial charge in [-0.15, -0.1) is 0 Å². The minimum atomic E-state index is -3.28. The lowest BCUT2D eigenvalue weighted by Gasteiger charge is -2.35. The van der Waals surface area contributed by atoms with Crippen LogP contribution in [0.25, 0.3) is 0 Å². The van der Waals surface area contributed by atoms with E-state index in [1.54, 1.807) is 11.2 Å². The normalized spacial score (nSPS) is 22.8. The number of carbonyl (C=O) groups is 1. The van der Waals surface area contributed by atoms with Gasteiger partial charge in [-0.25, -0.2) is 28.2 Å². The molecule has 1 saturated heterocycles. The Balaban J connectivity index is 1.55. The average molecular weight is 408 g/mol. The Labute approximate surface area is 164 Å². The number of aromatic nitrogens is 1. The fourth-order valence-corrected chi connectivity index (χ4v) is 3.50. The van der Waals surface area contributed by atoms with E-state index in [-0.39, 0.29) is 24.5 Å². The molecule has 0 bridgehead atoms. The van der Waals surface area contributed by atoms with Crippen molar-refractivity contribution >= 4 is 18.5 Å². The summed E-state index contributed by atoms with van der Waals surface area (Å²) in [4.78, 5) is 20.7. The van der Waals surface area contributed by atoms with E-state index in [0.29, 0.717) is 18.5 Å². The number of amidine groups is 1. The largest absolute Gasteiger partial charge is 0.471 e. The molecule has 0 aliphatic carbocycles. The quantitative estimate of drug-likeness (QED) is 0.694. The van der Waals surface area contributed by atoms with E-state index >= 15 is 0 Å². The summed E-state index contributed by atoms with van der Waals surface area (Å²) < 4.78 is 46.9. The third-order valence-corrected chi connectivity index (χ3v) is 4.86. The van der Waals surface area contributed by atoms with Gasteiger partial charge in [0.05, 0.1) is 25.0 Å². The molecule has 3 aliphatic heterocycles. The number of hydrogen-bond acceptors (Lipinski definition) is 7. The number of aliphatic imine (C=N–C) groups is 1. The maximum absolute atomic E-state index is 13.9. The topological polar surface area (TPSA) is 82.4 Å². The summed E-state index contributed by atoms with van der Waals surface area (Å²) in [5.74, 6) is -3.20. The van der Waals surface area contributed by atoms with E-state index in [2.05, 4.69) is 15.1 Å². The first-order chi connectivity index (χ1) is 14.0. The molecule has 2 atom stereocenters. The number of hydrogen-bond donors (Lipinski definition) is 1. The zero-order valence-electron chi connectivity index (χ0n) is 15.3. The molecule has 0 saturated carbocycles. The highest BCUT2D eigenvalue weighted by molar-refractivity contribution is 5.96. The first-order valence-electron chi connectivity index (χ1n) is 9.15. The SMILES string of the molecule is O=CNCC(F)(F)COc1ncc(F)cc1[C@H]1CCCN1C1=NC2C=NN2C=C1. The summed E-state index contributed by atoms with van der Waals surface area (Å²) in [6.07, 6.45) is 7.82. The molecular formula is C18H19F3N6O2. The zero-order valence-corrected chi connectivity index (χ0v) is 15.3. The van der Waals surface area contributed by atoms with Crippen LogP contribution in [-0.4, -0.2) is 65.1 Å². The number of nitrogens with zero attached hydrogens (tertiary/aromatic N) is 5. The molecule has 1 aromatic heterocycles. The lowest BCUT2D eigenvalue weighted by Crippen LogP contribution is -2.42. The number of amides is 1. The van der Waals surface area contributed by atoms with Crippen molar-refractivity contribution in [2.45, 2.75) is 31.0 Å². The lowest BCUT2D eigenvalue weighted by atomic mass is 10.1. The van der Waals surface area contributed by atoms with Gasteiger partial charge in [-0.1, -0.05) is 0 Å².